The van der Waals surface area contributed by atoms with Gasteiger partial charge in [-0.1, -0.05) is 0 Å². The monoisotopic (exact) mass is 359 g/mol. The molecule has 6 heteroatoms. The van der Waals surface area contributed by atoms with Gasteiger partial charge in [0.15, 0.2) is 0 Å². The van der Waals surface area contributed by atoms with Crippen molar-refractivity contribution in [1.29, 1.82) is 0 Å². The van der Waals surface area contributed by atoms with E-state index >= 15 is 0 Å². The SMILES string of the molecule is Nc1ccc2ccc(OCC3CCC(n4ccc5cncnc54)C3)cc2n1. The zero-order valence-corrected chi connectivity index (χ0v) is 15.0. The van der Waals surface area contributed by atoms with Crippen LogP contribution >= 0.6 is 0 Å². The van der Waals surface area contributed by atoms with Crippen LogP contribution in [0.25, 0.3) is 21.9 Å². The molecule has 1 aliphatic rings. The molecule has 0 spiro atoms. The van der Waals surface area contributed by atoms with Gasteiger partial charge in [-0.05, 0) is 55.5 Å². The van der Waals surface area contributed by atoms with E-state index in [9.17, 15) is 0 Å². The Bertz CT molecular complexity index is 1110. The highest BCUT2D eigenvalue weighted by atomic mass is 16.5. The number of hydrogen-bond acceptors (Lipinski definition) is 5. The molecule has 27 heavy (non-hydrogen) atoms. The molecule has 0 radical (unpaired) electrons. The quantitative estimate of drug-likeness (QED) is 0.596. The second-order valence-corrected chi connectivity index (χ2v) is 7.26. The first-order chi connectivity index (χ1) is 13.3. The van der Waals surface area contributed by atoms with Crippen molar-refractivity contribution in [3.63, 3.8) is 0 Å². The van der Waals surface area contributed by atoms with E-state index in [1.54, 1.807) is 6.33 Å². The summed E-state index contributed by atoms with van der Waals surface area (Å²) in [5.74, 6) is 1.92. The number of nitrogens with two attached hydrogens (primary N) is 1. The van der Waals surface area contributed by atoms with Crippen LogP contribution in [0.3, 0.4) is 0 Å². The second kappa shape index (κ2) is 6.54. The molecule has 2 atom stereocenters. The molecule has 1 saturated carbocycles. The number of ether oxygens (including phenoxy) is 1. The molecule has 1 aliphatic carbocycles. The Kier molecular flexibility index (Phi) is 3.89. The summed E-state index contributed by atoms with van der Waals surface area (Å²) in [5.41, 5.74) is 7.68. The number of nitrogen functional groups attached to an aromatic ring is 1. The molecule has 3 heterocycles. The minimum atomic E-state index is 0.476. The van der Waals surface area contributed by atoms with Gasteiger partial charge in [0.2, 0.25) is 0 Å². The van der Waals surface area contributed by atoms with Gasteiger partial charge in [-0.25, -0.2) is 15.0 Å². The first-order valence-electron chi connectivity index (χ1n) is 9.32. The third-order valence-corrected chi connectivity index (χ3v) is 5.46. The van der Waals surface area contributed by atoms with Gasteiger partial charge >= 0.3 is 0 Å². The summed E-state index contributed by atoms with van der Waals surface area (Å²) in [6.07, 6.45) is 9.04. The number of fused-ring (bicyclic) bond motifs is 2. The maximum absolute atomic E-state index is 6.08. The lowest BCUT2D eigenvalue weighted by Crippen LogP contribution is -2.10. The first-order valence-corrected chi connectivity index (χ1v) is 9.32. The Morgan fingerprint density at radius 3 is 3.00 bits per heavy atom. The topological polar surface area (TPSA) is 78.9 Å². The number of hydrogen-bond donors (Lipinski definition) is 1. The fourth-order valence-corrected chi connectivity index (χ4v) is 4.06. The van der Waals surface area contributed by atoms with E-state index in [-0.39, 0.29) is 0 Å². The number of benzene rings is 1. The van der Waals surface area contributed by atoms with Crippen LogP contribution in [0.5, 0.6) is 5.75 Å². The molecule has 2 N–H and O–H groups in total. The molecule has 136 valence electrons. The van der Waals surface area contributed by atoms with E-state index < -0.39 is 0 Å². The van der Waals surface area contributed by atoms with Gasteiger partial charge in [-0.15, -0.1) is 0 Å². The predicted molar refractivity (Wildman–Crippen MR) is 106 cm³/mol. The van der Waals surface area contributed by atoms with Crippen molar-refractivity contribution in [2.24, 2.45) is 5.92 Å². The molecule has 5 rings (SSSR count). The van der Waals surface area contributed by atoms with Crippen LogP contribution in [0, 0.1) is 5.92 Å². The maximum atomic E-state index is 6.08. The Labute approximate surface area is 157 Å². The molecule has 0 aliphatic heterocycles. The molecular formula is C21H21N5O. The number of nitrogens with zero attached hydrogens (tertiary/aromatic N) is 4. The molecule has 3 aromatic heterocycles. The summed E-state index contributed by atoms with van der Waals surface area (Å²) in [6, 6.07) is 12.4. The molecule has 2 unspecified atom stereocenters. The summed E-state index contributed by atoms with van der Waals surface area (Å²) in [7, 11) is 0. The van der Waals surface area contributed by atoms with Gasteiger partial charge in [0.1, 0.15) is 23.5 Å². The smallest absolute Gasteiger partial charge is 0.143 e. The fraction of sp³-hybridized carbons (Fsp3) is 0.286. The van der Waals surface area contributed by atoms with Gasteiger partial charge in [-0.3, -0.25) is 0 Å². The molecule has 0 bridgehead atoms. The summed E-state index contributed by atoms with van der Waals surface area (Å²) < 4.78 is 8.37. The Balaban J connectivity index is 1.26. The maximum Gasteiger partial charge on any atom is 0.143 e. The third-order valence-electron chi connectivity index (χ3n) is 5.46. The third kappa shape index (κ3) is 3.07. The summed E-state index contributed by atoms with van der Waals surface area (Å²) in [4.78, 5) is 12.9. The van der Waals surface area contributed by atoms with Crippen molar-refractivity contribution >= 4 is 27.8 Å². The minimum absolute atomic E-state index is 0.476. The zero-order chi connectivity index (χ0) is 18.2. The molecule has 1 aromatic carbocycles. The zero-order valence-electron chi connectivity index (χ0n) is 15.0. The fourth-order valence-electron chi connectivity index (χ4n) is 4.06. The van der Waals surface area contributed by atoms with E-state index in [0.29, 0.717) is 17.8 Å². The summed E-state index contributed by atoms with van der Waals surface area (Å²) in [5, 5.41) is 2.17. The van der Waals surface area contributed by atoms with Crippen LogP contribution in [0.4, 0.5) is 5.82 Å². The molecular weight excluding hydrogens is 338 g/mol. The van der Waals surface area contributed by atoms with Gasteiger partial charge < -0.3 is 15.0 Å². The molecule has 4 aromatic rings. The van der Waals surface area contributed by atoms with Crippen LogP contribution in [0.15, 0.2) is 55.1 Å². The Morgan fingerprint density at radius 1 is 1.11 bits per heavy atom. The lowest BCUT2D eigenvalue weighted by Gasteiger charge is -2.15. The number of pyridine rings is 1. The highest BCUT2D eigenvalue weighted by Crippen LogP contribution is 2.36. The van der Waals surface area contributed by atoms with Gasteiger partial charge in [-0.2, -0.15) is 0 Å². The standard InChI is InChI=1S/C21H21N5O/c22-20-6-3-15-2-5-18(10-19(15)25-20)27-12-14-1-4-17(9-14)26-8-7-16-11-23-13-24-21(16)26/h2-3,5-8,10-11,13-14,17H,1,4,9,12H2,(H2,22,25). The Morgan fingerprint density at radius 2 is 2.04 bits per heavy atom. The van der Waals surface area contributed by atoms with E-state index in [4.69, 9.17) is 10.5 Å². The van der Waals surface area contributed by atoms with Crippen molar-refractivity contribution in [2.45, 2.75) is 25.3 Å². The number of anilines is 1. The Hall–Kier alpha value is -3.15. The van der Waals surface area contributed by atoms with Crippen LogP contribution in [0.2, 0.25) is 0 Å². The van der Waals surface area contributed by atoms with E-state index in [2.05, 4.69) is 31.8 Å². The minimum Gasteiger partial charge on any atom is -0.493 e. The molecule has 0 saturated heterocycles. The first kappa shape index (κ1) is 16.1. The normalized spacial score (nSPS) is 19.7. The van der Waals surface area contributed by atoms with Crippen molar-refractivity contribution in [2.75, 3.05) is 12.3 Å². The van der Waals surface area contributed by atoms with Gasteiger partial charge in [0, 0.05) is 35.3 Å². The van der Waals surface area contributed by atoms with Crippen LogP contribution in [0.1, 0.15) is 25.3 Å². The lowest BCUT2D eigenvalue weighted by molar-refractivity contribution is 0.248. The van der Waals surface area contributed by atoms with Gasteiger partial charge in [0.25, 0.3) is 0 Å². The van der Waals surface area contributed by atoms with E-state index in [1.807, 2.05) is 36.5 Å². The average Bonchev–Trinajstić information content (AvgIpc) is 3.32. The highest BCUT2D eigenvalue weighted by molar-refractivity contribution is 5.81. The van der Waals surface area contributed by atoms with Gasteiger partial charge in [0.05, 0.1) is 12.1 Å². The highest BCUT2D eigenvalue weighted by Gasteiger charge is 2.27. The molecule has 0 amide bonds. The number of rotatable bonds is 4. The lowest BCUT2D eigenvalue weighted by atomic mass is 10.1. The van der Waals surface area contributed by atoms with Crippen LogP contribution in [-0.4, -0.2) is 26.1 Å². The predicted octanol–water partition coefficient (Wildman–Crippen LogP) is 3.98. The van der Waals surface area contributed by atoms with E-state index in [1.165, 1.54) is 0 Å². The largest absolute Gasteiger partial charge is 0.493 e. The van der Waals surface area contributed by atoms with Crippen LogP contribution < -0.4 is 10.5 Å². The van der Waals surface area contributed by atoms with Crippen molar-refractivity contribution < 1.29 is 4.74 Å². The average molecular weight is 359 g/mol. The summed E-state index contributed by atoms with van der Waals surface area (Å²) in [6.45, 7) is 0.721. The number of aromatic nitrogens is 4. The van der Waals surface area contributed by atoms with Crippen molar-refractivity contribution in [3.05, 3.63) is 55.1 Å². The second-order valence-electron chi connectivity index (χ2n) is 7.26. The van der Waals surface area contributed by atoms with Crippen molar-refractivity contribution in [1.82, 2.24) is 19.5 Å². The summed E-state index contributed by atoms with van der Waals surface area (Å²) >= 11 is 0. The van der Waals surface area contributed by atoms with Crippen LogP contribution in [-0.2, 0) is 0 Å². The molecule has 1 fully saturated rings. The van der Waals surface area contributed by atoms with E-state index in [0.717, 1.165) is 53.6 Å². The molecule has 6 nitrogen and oxygen atoms in total. The van der Waals surface area contributed by atoms with Crippen molar-refractivity contribution in [3.8, 4) is 5.75 Å².